The number of aromatic nitrogens is 3. The molecule has 0 atom stereocenters. The zero-order chi connectivity index (χ0) is 24.2. The molecule has 3 heterocycles. The third-order valence-electron chi connectivity index (χ3n) is 6.52. The molecule has 35 heavy (non-hydrogen) atoms. The van der Waals surface area contributed by atoms with Gasteiger partial charge in [-0.2, -0.15) is 5.10 Å². The highest BCUT2D eigenvalue weighted by Crippen LogP contribution is 2.27. The number of hydrogen-bond donors (Lipinski definition) is 0. The van der Waals surface area contributed by atoms with Crippen molar-refractivity contribution in [3.05, 3.63) is 95.8 Å². The zero-order valence-corrected chi connectivity index (χ0v) is 20.5. The molecule has 1 amide bonds. The first-order valence-electron chi connectivity index (χ1n) is 11.9. The number of pyridine rings is 1. The average molecular weight is 486 g/mol. The molecule has 6 nitrogen and oxygen atoms in total. The molecule has 1 saturated heterocycles. The monoisotopic (exact) mass is 485 g/mol. The van der Waals surface area contributed by atoms with Gasteiger partial charge in [0.2, 0.25) is 5.91 Å². The van der Waals surface area contributed by atoms with E-state index in [-0.39, 0.29) is 11.8 Å². The molecule has 1 aliphatic rings. The van der Waals surface area contributed by atoms with E-state index in [0.717, 1.165) is 54.3 Å². The van der Waals surface area contributed by atoms with Crippen molar-refractivity contribution in [2.75, 3.05) is 25.0 Å². The summed E-state index contributed by atoms with van der Waals surface area (Å²) in [6.45, 7) is 2.12. The van der Waals surface area contributed by atoms with Crippen LogP contribution in [0.25, 0.3) is 16.9 Å². The second kappa shape index (κ2) is 10.3. The maximum Gasteiger partial charge on any atom is 0.225 e. The minimum atomic E-state index is 0.00731. The number of carbonyl (C=O) groups excluding carboxylic acids is 1. The number of benzene rings is 2. The Kier molecular flexibility index (Phi) is 6.82. The first-order valence-corrected chi connectivity index (χ1v) is 12.3. The van der Waals surface area contributed by atoms with Crippen LogP contribution in [0.1, 0.15) is 18.4 Å². The first-order chi connectivity index (χ1) is 17.1. The van der Waals surface area contributed by atoms with Crippen molar-refractivity contribution in [1.82, 2.24) is 19.7 Å². The van der Waals surface area contributed by atoms with E-state index in [1.807, 2.05) is 83.5 Å². The lowest BCUT2D eigenvalue weighted by Gasteiger charge is -2.33. The molecule has 0 bridgehead atoms. The number of carbonyl (C=O) groups is 1. The molecule has 7 heteroatoms. The summed E-state index contributed by atoms with van der Waals surface area (Å²) in [5, 5.41) is 5.51. The van der Waals surface area contributed by atoms with Crippen molar-refractivity contribution < 1.29 is 4.79 Å². The molecule has 5 rings (SSSR count). The summed E-state index contributed by atoms with van der Waals surface area (Å²) in [4.78, 5) is 21.8. The Morgan fingerprint density at radius 2 is 1.69 bits per heavy atom. The molecule has 1 fully saturated rings. The fourth-order valence-corrected chi connectivity index (χ4v) is 4.74. The SMILES string of the molecule is CN(Cc1cn(-c2ccccc2)nc1-c1ccccc1)C(=O)C1CCN(c2ccc(Cl)cn2)CC1. The summed E-state index contributed by atoms with van der Waals surface area (Å²) >= 11 is 5.97. The molecule has 178 valence electrons. The van der Waals surface area contributed by atoms with E-state index in [2.05, 4.69) is 22.0 Å². The van der Waals surface area contributed by atoms with E-state index < -0.39 is 0 Å². The number of hydrogen-bond acceptors (Lipinski definition) is 4. The van der Waals surface area contributed by atoms with Crippen LogP contribution in [0.5, 0.6) is 0 Å². The summed E-state index contributed by atoms with van der Waals surface area (Å²) < 4.78 is 1.90. The minimum absolute atomic E-state index is 0.00731. The Labute approximate surface area is 210 Å². The van der Waals surface area contributed by atoms with Gasteiger partial charge in [0, 0.05) is 56.1 Å². The maximum atomic E-state index is 13.4. The summed E-state index contributed by atoms with van der Waals surface area (Å²) in [5.41, 5.74) is 3.96. The number of nitrogens with zero attached hydrogens (tertiary/aromatic N) is 5. The van der Waals surface area contributed by atoms with Gasteiger partial charge in [-0.1, -0.05) is 60.1 Å². The Morgan fingerprint density at radius 3 is 2.34 bits per heavy atom. The molecule has 0 N–H and O–H groups in total. The smallest absolute Gasteiger partial charge is 0.225 e. The number of piperidine rings is 1. The first kappa shape index (κ1) is 23.1. The van der Waals surface area contributed by atoms with Gasteiger partial charge in [0.1, 0.15) is 5.82 Å². The fraction of sp³-hybridized carbons (Fsp3) is 0.250. The van der Waals surface area contributed by atoms with E-state index in [0.29, 0.717) is 11.6 Å². The molecule has 0 spiro atoms. The lowest BCUT2D eigenvalue weighted by molar-refractivity contribution is -0.135. The van der Waals surface area contributed by atoms with Gasteiger partial charge >= 0.3 is 0 Å². The van der Waals surface area contributed by atoms with Crippen molar-refractivity contribution in [1.29, 1.82) is 0 Å². The average Bonchev–Trinajstić information content (AvgIpc) is 3.33. The molecule has 0 aliphatic carbocycles. The molecule has 2 aromatic heterocycles. The molecule has 4 aromatic rings. The minimum Gasteiger partial charge on any atom is -0.357 e. The number of amides is 1. The van der Waals surface area contributed by atoms with Crippen LogP contribution in [0.4, 0.5) is 5.82 Å². The van der Waals surface area contributed by atoms with Gasteiger partial charge in [-0.15, -0.1) is 0 Å². The van der Waals surface area contributed by atoms with Gasteiger partial charge in [0.05, 0.1) is 16.4 Å². The van der Waals surface area contributed by atoms with Crippen LogP contribution >= 0.6 is 11.6 Å². The summed E-state index contributed by atoms with van der Waals surface area (Å²) in [7, 11) is 1.89. The van der Waals surface area contributed by atoms with E-state index in [4.69, 9.17) is 16.7 Å². The van der Waals surface area contributed by atoms with Crippen molar-refractivity contribution in [2.45, 2.75) is 19.4 Å². The predicted molar refractivity (Wildman–Crippen MR) is 140 cm³/mol. The van der Waals surface area contributed by atoms with Crippen molar-refractivity contribution >= 4 is 23.3 Å². The summed E-state index contributed by atoms with van der Waals surface area (Å²) in [6.07, 6.45) is 5.32. The highest BCUT2D eigenvalue weighted by Gasteiger charge is 2.28. The second-order valence-corrected chi connectivity index (χ2v) is 9.38. The normalized spacial score (nSPS) is 14.2. The highest BCUT2D eigenvalue weighted by molar-refractivity contribution is 6.30. The van der Waals surface area contributed by atoms with Crippen LogP contribution in [0.15, 0.2) is 85.2 Å². The molecular weight excluding hydrogens is 458 g/mol. The third-order valence-corrected chi connectivity index (χ3v) is 6.75. The van der Waals surface area contributed by atoms with E-state index in [9.17, 15) is 4.79 Å². The number of rotatable bonds is 6. The van der Waals surface area contributed by atoms with Crippen LogP contribution < -0.4 is 4.90 Å². The molecule has 0 unspecified atom stereocenters. The van der Waals surface area contributed by atoms with Crippen LogP contribution in [0, 0.1) is 5.92 Å². The summed E-state index contributed by atoms with van der Waals surface area (Å²) in [5.74, 6) is 1.10. The van der Waals surface area contributed by atoms with Gasteiger partial charge in [0.15, 0.2) is 0 Å². The molecule has 2 aromatic carbocycles. The Bertz CT molecular complexity index is 1270. The van der Waals surface area contributed by atoms with E-state index in [1.54, 1.807) is 6.20 Å². The molecule has 0 saturated carbocycles. The highest BCUT2D eigenvalue weighted by atomic mass is 35.5. The Hall–Kier alpha value is -3.64. The molecule has 0 radical (unpaired) electrons. The fourth-order valence-electron chi connectivity index (χ4n) is 4.63. The van der Waals surface area contributed by atoms with Crippen molar-refractivity contribution in [3.8, 4) is 16.9 Å². The lowest BCUT2D eigenvalue weighted by atomic mass is 9.95. The van der Waals surface area contributed by atoms with Gasteiger partial charge in [-0.3, -0.25) is 4.79 Å². The molecule has 1 aliphatic heterocycles. The summed E-state index contributed by atoms with van der Waals surface area (Å²) in [6, 6.07) is 24.0. The number of halogens is 1. The Balaban J connectivity index is 1.30. The van der Waals surface area contributed by atoms with Crippen LogP contribution in [0.3, 0.4) is 0 Å². The Morgan fingerprint density at radius 1 is 1.00 bits per heavy atom. The van der Waals surface area contributed by atoms with Crippen molar-refractivity contribution in [2.24, 2.45) is 5.92 Å². The van der Waals surface area contributed by atoms with E-state index in [1.165, 1.54) is 0 Å². The van der Waals surface area contributed by atoms with Gasteiger partial charge < -0.3 is 9.80 Å². The second-order valence-electron chi connectivity index (χ2n) is 8.94. The van der Waals surface area contributed by atoms with Gasteiger partial charge in [0.25, 0.3) is 0 Å². The van der Waals surface area contributed by atoms with Gasteiger partial charge in [-0.05, 0) is 37.1 Å². The van der Waals surface area contributed by atoms with Gasteiger partial charge in [-0.25, -0.2) is 9.67 Å². The standard InChI is InChI=1S/C28H28ClN5O/c1-32(28(35)22-14-16-33(17-15-22)26-13-12-24(29)18-30-26)19-23-20-34(25-10-6-3-7-11-25)31-27(23)21-8-4-2-5-9-21/h2-13,18,20,22H,14-17,19H2,1H3. The maximum absolute atomic E-state index is 13.4. The quantitative estimate of drug-likeness (QED) is 0.364. The topological polar surface area (TPSA) is 54.3 Å². The van der Waals surface area contributed by atoms with Crippen LogP contribution in [0.2, 0.25) is 5.02 Å². The third kappa shape index (κ3) is 5.23. The zero-order valence-electron chi connectivity index (χ0n) is 19.7. The van der Waals surface area contributed by atoms with E-state index >= 15 is 0 Å². The molecular formula is C28H28ClN5O. The number of anilines is 1. The lowest BCUT2D eigenvalue weighted by Crippen LogP contribution is -2.41. The van der Waals surface area contributed by atoms with Crippen LogP contribution in [-0.4, -0.2) is 45.7 Å². The number of para-hydroxylation sites is 1. The predicted octanol–water partition coefficient (Wildman–Crippen LogP) is 5.46. The van der Waals surface area contributed by atoms with Crippen LogP contribution in [-0.2, 0) is 11.3 Å². The largest absolute Gasteiger partial charge is 0.357 e. The van der Waals surface area contributed by atoms with Crippen molar-refractivity contribution in [3.63, 3.8) is 0 Å².